The number of nitrogens with two attached hydrogens (primary N) is 1. The number of hydrogen-bond acceptors (Lipinski definition) is 3. The predicted molar refractivity (Wildman–Crippen MR) is 84.7 cm³/mol. The second-order valence-corrected chi connectivity index (χ2v) is 5.71. The Morgan fingerprint density at radius 1 is 1.24 bits per heavy atom. The summed E-state index contributed by atoms with van der Waals surface area (Å²) in [5, 5.41) is 5.66. The Bertz CT molecular complexity index is 500. The summed E-state index contributed by atoms with van der Waals surface area (Å²) >= 11 is 0. The highest BCUT2D eigenvalue weighted by Gasteiger charge is 2.15. The van der Waals surface area contributed by atoms with Crippen molar-refractivity contribution in [3.63, 3.8) is 0 Å². The first-order chi connectivity index (χ1) is 9.79. The number of carbonyl (C=O) groups excluding carboxylic acids is 2. The Morgan fingerprint density at radius 2 is 1.90 bits per heavy atom. The molecule has 1 rings (SSSR count). The lowest BCUT2D eigenvalue weighted by Gasteiger charge is -2.19. The number of benzene rings is 1. The Balaban J connectivity index is 2.64. The third kappa shape index (κ3) is 5.95. The van der Waals surface area contributed by atoms with Crippen LogP contribution in [0.5, 0.6) is 0 Å². The molecule has 0 spiro atoms. The molecule has 0 radical (unpaired) electrons. The van der Waals surface area contributed by atoms with Crippen molar-refractivity contribution in [3.8, 4) is 0 Å². The third-order valence-corrected chi connectivity index (χ3v) is 3.36. The zero-order chi connectivity index (χ0) is 16.0. The van der Waals surface area contributed by atoms with Crippen LogP contribution in [0.1, 0.15) is 45.7 Å². The summed E-state index contributed by atoms with van der Waals surface area (Å²) in [4.78, 5) is 23.0. The van der Waals surface area contributed by atoms with E-state index in [2.05, 4.69) is 10.6 Å². The lowest BCUT2D eigenvalue weighted by atomic mass is 10.0. The van der Waals surface area contributed by atoms with Crippen molar-refractivity contribution >= 4 is 17.5 Å². The largest absolute Gasteiger partial charge is 0.350 e. The highest BCUT2D eigenvalue weighted by atomic mass is 16.2. The van der Waals surface area contributed by atoms with Crippen molar-refractivity contribution < 1.29 is 9.59 Å². The van der Waals surface area contributed by atoms with E-state index in [1.54, 1.807) is 0 Å². The second-order valence-electron chi connectivity index (χ2n) is 5.71. The fourth-order valence-corrected chi connectivity index (χ4v) is 1.92. The standard InChI is InChI=1S/C16H25N3O2/c1-10(2)15(17)9-16(21)18-11(3)13-6-5-7-14(8-13)19-12(4)20/h5-8,10-11,15H,9,17H2,1-4H3,(H,18,21)(H,19,20). The van der Waals surface area contributed by atoms with Crippen LogP contribution in [-0.4, -0.2) is 17.9 Å². The normalized spacial score (nSPS) is 13.6. The van der Waals surface area contributed by atoms with Gasteiger partial charge < -0.3 is 16.4 Å². The van der Waals surface area contributed by atoms with Gasteiger partial charge in [0.15, 0.2) is 0 Å². The van der Waals surface area contributed by atoms with Gasteiger partial charge in [-0.3, -0.25) is 9.59 Å². The van der Waals surface area contributed by atoms with Gasteiger partial charge in [0.25, 0.3) is 0 Å². The SMILES string of the molecule is CC(=O)Nc1cccc(C(C)NC(=O)CC(N)C(C)C)c1. The molecule has 0 fully saturated rings. The van der Waals surface area contributed by atoms with Gasteiger partial charge in [-0.15, -0.1) is 0 Å². The monoisotopic (exact) mass is 291 g/mol. The van der Waals surface area contributed by atoms with E-state index in [-0.39, 0.29) is 29.8 Å². The van der Waals surface area contributed by atoms with Crippen molar-refractivity contribution in [2.24, 2.45) is 11.7 Å². The summed E-state index contributed by atoms with van der Waals surface area (Å²) in [6.07, 6.45) is 0.313. The molecule has 5 nitrogen and oxygen atoms in total. The molecule has 0 saturated carbocycles. The van der Waals surface area contributed by atoms with Crippen LogP contribution in [0.25, 0.3) is 0 Å². The molecule has 21 heavy (non-hydrogen) atoms. The first-order valence-electron chi connectivity index (χ1n) is 7.22. The number of nitrogens with one attached hydrogen (secondary N) is 2. The molecule has 116 valence electrons. The van der Waals surface area contributed by atoms with Crippen molar-refractivity contribution in [2.75, 3.05) is 5.32 Å². The van der Waals surface area contributed by atoms with Crippen LogP contribution in [0.2, 0.25) is 0 Å². The summed E-state index contributed by atoms with van der Waals surface area (Å²) < 4.78 is 0. The molecule has 0 aliphatic rings. The minimum Gasteiger partial charge on any atom is -0.350 e. The summed E-state index contributed by atoms with van der Waals surface area (Å²) in [6.45, 7) is 7.37. The summed E-state index contributed by atoms with van der Waals surface area (Å²) in [5.41, 5.74) is 7.56. The highest BCUT2D eigenvalue weighted by Crippen LogP contribution is 2.17. The fourth-order valence-electron chi connectivity index (χ4n) is 1.92. The number of rotatable bonds is 6. The number of carbonyl (C=O) groups is 2. The Kier molecular flexibility index (Phi) is 6.37. The maximum atomic E-state index is 11.9. The maximum absolute atomic E-state index is 11.9. The zero-order valence-electron chi connectivity index (χ0n) is 13.1. The first kappa shape index (κ1) is 17.2. The second kappa shape index (κ2) is 7.78. The summed E-state index contributed by atoms with van der Waals surface area (Å²) in [6, 6.07) is 7.17. The lowest BCUT2D eigenvalue weighted by molar-refractivity contribution is -0.122. The van der Waals surface area contributed by atoms with Gasteiger partial charge in [0.1, 0.15) is 0 Å². The van der Waals surface area contributed by atoms with E-state index in [1.807, 2.05) is 45.0 Å². The van der Waals surface area contributed by atoms with Gasteiger partial charge in [0.05, 0.1) is 6.04 Å². The van der Waals surface area contributed by atoms with Gasteiger partial charge in [-0.25, -0.2) is 0 Å². The van der Waals surface area contributed by atoms with Crippen LogP contribution in [0.15, 0.2) is 24.3 Å². The highest BCUT2D eigenvalue weighted by molar-refractivity contribution is 5.88. The van der Waals surface area contributed by atoms with Crippen molar-refractivity contribution in [1.29, 1.82) is 0 Å². The molecular weight excluding hydrogens is 266 g/mol. The molecule has 0 bridgehead atoms. The Hall–Kier alpha value is -1.88. The molecular formula is C16H25N3O2. The first-order valence-corrected chi connectivity index (χ1v) is 7.22. The van der Waals surface area contributed by atoms with E-state index in [9.17, 15) is 9.59 Å². The third-order valence-electron chi connectivity index (χ3n) is 3.36. The van der Waals surface area contributed by atoms with E-state index in [0.717, 1.165) is 11.3 Å². The van der Waals surface area contributed by atoms with Gasteiger partial charge >= 0.3 is 0 Å². The molecule has 1 aromatic rings. The molecule has 0 heterocycles. The predicted octanol–water partition coefficient (Wildman–Crippen LogP) is 2.20. The fraction of sp³-hybridized carbons (Fsp3) is 0.500. The molecule has 4 N–H and O–H groups in total. The van der Waals surface area contributed by atoms with Crippen LogP contribution < -0.4 is 16.4 Å². The van der Waals surface area contributed by atoms with Crippen LogP contribution in [0.4, 0.5) is 5.69 Å². The number of amides is 2. The smallest absolute Gasteiger partial charge is 0.222 e. The zero-order valence-corrected chi connectivity index (χ0v) is 13.1. The van der Waals surface area contributed by atoms with Gasteiger partial charge in [-0.2, -0.15) is 0 Å². The van der Waals surface area contributed by atoms with Gasteiger partial charge in [0.2, 0.25) is 11.8 Å². The number of anilines is 1. The molecule has 5 heteroatoms. The van der Waals surface area contributed by atoms with Crippen molar-refractivity contribution in [3.05, 3.63) is 29.8 Å². The van der Waals surface area contributed by atoms with Crippen LogP contribution >= 0.6 is 0 Å². The van der Waals surface area contributed by atoms with Gasteiger partial charge in [0, 0.05) is 25.1 Å². The minimum atomic E-state index is -0.136. The molecule has 1 aromatic carbocycles. The Morgan fingerprint density at radius 3 is 2.48 bits per heavy atom. The molecule has 0 aliphatic carbocycles. The van der Waals surface area contributed by atoms with Crippen LogP contribution in [-0.2, 0) is 9.59 Å². The quantitative estimate of drug-likeness (QED) is 0.751. The van der Waals surface area contributed by atoms with Crippen LogP contribution in [0, 0.1) is 5.92 Å². The maximum Gasteiger partial charge on any atom is 0.222 e. The van der Waals surface area contributed by atoms with E-state index >= 15 is 0 Å². The van der Waals surface area contributed by atoms with Crippen molar-refractivity contribution in [1.82, 2.24) is 5.32 Å². The van der Waals surface area contributed by atoms with Crippen LogP contribution in [0.3, 0.4) is 0 Å². The molecule has 2 atom stereocenters. The summed E-state index contributed by atoms with van der Waals surface area (Å²) in [7, 11) is 0. The van der Waals surface area contributed by atoms with E-state index in [4.69, 9.17) is 5.73 Å². The van der Waals surface area contributed by atoms with Gasteiger partial charge in [-0.1, -0.05) is 26.0 Å². The van der Waals surface area contributed by atoms with E-state index < -0.39 is 0 Å². The lowest BCUT2D eigenvalue weighted by Crippen LogP contribution is -2.35. The van der Waals surface area contributed by atoms with E-state index in [1.165, 1.54) is 6.92 Å². The average Bonchev–Trinajstić information content (AvgIpc) is 2.37. The average molecular weight is 291 g/mol. The van der Waals surface area contributed by atoms with Crippen molar-refractivity contribution in [2.45, 2.75) is 46.2 Å². The topological polar surface area (TPSA) is 84.2 Å². The van der Waals surface area contributed by atoms with Gasteiger partial charge in [-0.05, 0) is 30.5 Å². The van der Waals surface area contributed by atoms with E-state index in [0.29, 0.717) is 6.42 Å². The molecule has 2 amide bonds. The molecule has 2 unspecified atom stereocenters. The molecule has 0 aliphatic heterocycles. The molecule has 0 aromatic heterocycles. The summed E-state index contributed by atoms with van der Waals surface area (Å²) in [5.74, 6) is 0.0922. The molecule has 0 saturated heterocycles. The minimum absolute atomic E-state index is 0.0615. The number of hydrogen-bond donors (Lipinski definition) is 3. The Labute approximate surface area is 126 Å².